The third-order valence-corrected chi connectivity index (χ3v) is 7.85. The van der Waals surface area contributed by atoms with E-state index in [-0.39, 0.29) is 0 Å². The minimum absolute atomic E-state index is 0.913. The summed E-state index contributed by atoms with van der Waals surface area (Å²) >= 11 is 0. The smallest absolute Gasteiger partial charge is 0.0708 e. The molecule has 0 fully saturated rings. The summed E-state index contributed by atoms with van der Waals surface area (Å²) in [4.78, 5) is 18.8. The fraction of sp³-hybridized carbons (Fsp3) is 0.0500. The summed E-state index contributed by atoms with van der Waals surface area (Å²) in [6, 6.07) is 42.2. The van der Waals surface area contributed by atoms with Gasteiger partial charge < -0.3 is 0 Å². The highest BCUT2D eigenvalue weighted by molar-refractivity contribution is 5.94. The Labute approximate surface area is 257 Å². The number of pyridine rings is 4. The van der Waals surface area contributed by atoms with Gasteiger partial charge in [-0.05, 0) is 95.8 Å². The fourth-order valence-corrected chi connectivity index (χ4v) is 5.46. The van der Waals surface area contributed by atoms with Gasteiger partial charge in [0, 0.05) is 47.0 Å². The lowest BCUT2D eigenvalue weighted by molar-refractivity contribution is 1.27. The molecular weight excluding hydrogens is 536 g/mol. The molecule has 0 aliphatic rings. The van der Waals surface area contributed by atoms with Gasteiger partial charge in [0.15, 0.2) is 0 Å². The maximum Gasteiger partial charge on any atom is 0.0708 e. The molecule has 0 saturated heterocycles. The van der Waals surface area contributed by atoms with Crippen molar-refractivity contribution in [2.75, 3.05) is 0 Å². The molecule has 3 aromatic carbocycles. The molecule has 0 spiro atoms. The standard InChI is InChI=1S/C40H30N4/c1-27-9-19-37(43-25-27)31-15-11-29(12-16-31)33-23-34(30-13-17-32(18-14-30)38-20-10-28(2)26-44-38)36(40-8-4-6-22-42-40)24-35(33)39-7-3-5-21-41-39/h3-26H,1-2H3. The topological polar surface area (TPSA) is 51.6 Å². The molecule has 210 valence electrons. The van der Waals surface area contributed by atoms with Crippen molar-refractivity contribution in [3.8, 4) is 67.3 Å². The number of aromatic nitrogens is 4. The number of nitrogens with zero attached hydrogens (tertiary/aromatic N) is 4. The van der Waals surface area contributed by atoms with Crippen molar-refractivity contribution in [3.63, 3.8) is 0 Å². The lowest BCUT2D eigenvalue weighted by atomic mass is 9.87. The predicted molar refractivity (Wildman–Crippen MR) is 180 cm³/mol. The van der Waals surface area contributed by atoms with Gasteiger partial charge in [-0.15, -0.1) is 0 Å². The van der Waals surface area contributed by atoms with Gasteiger partial charge >= 0.3 is 0 Å². The highest BCUT2D eigenvalue weighted by Crippen LogP contribution is 2.41. The molecule has 0 amide bonds. The zero-order chi connectivity index (χ0) is 29.9. The molecule has 4 heterocycles. The minimum atomic E-state index is 0.913. The molecule has 0 N–H and O–H groups in total. The molecule has 44 heavy (non-hydrogen) atoms. The molecule has 0 unspecified atom stereocenters. The molecule has 0 aliphatic heterocycles. The van der Waals surface area contributed by atoms with Gasteiger partial charge in [0.2, 0.25) is 0 Å². The Morgan fingerprint density at radius 2 is 0.750 bits per heavy atom. The second-order valence-corrected chi connectivity index (χ2v) is 11.0. The van der Waals surface area contributed by atoms with E-state index in [1.165, 1.54) is 0 Å². The van der Waals surface area contributed by atoms with Crippen LogP contribution in [0.2, 0.25) is 0 Å². The van der Waals surface area contributed by atoms with E-state index < -0.39 is 0 Å². The minimum Gasteiger partial charge on any atom is -0.256 e. The number of aryl methyl sites for hydroxylation is 2. The maximum atomic E-state index is 4.76. The van der Waals surface area contributed by atoms with Crippen LogP contribution in [0.5, 0.6) is 0 Å². The fourth-order valence-electron chi connectivity index (χ4n) is 5.46. The van der Waals surface area contributed by atoms with Crippen LogP contribution in [-0.2, 0) is 0 Å². The molecule has 0 atom stereocenters. The van der Waals surface area contributed by atoms with Crippen LogP contribution in [0.3, 0.4) is 0 Å². The molecule has 7 rings (SSSR count). The van der Waals surface area contributed by atoms with Crippen LogP contribution in [0.1, 0.15) is 11.1 Å². The lowest BCUT2D eigenvalue weighted by Crippen LogP contribution is -1.95. The van der Waals surface area contributed by atoms with Crippen molar-refractivity contribution >= 4 is 0 Å². The second kappa shape index (κ2) is 11.9. The molecule has 0 saturated carbocycles. The summed E-state index contributed by atoms with van der Waals surface area (Å²) in [5.74, 6) is 0. The Morgan fingerprint density at radius 3 is 1.11 bits per heavy atom. The van der Waals surface area contributed by atoms with Crippen molar-refractivity contribution < 1.29 is 0 Å². The van der Waals surface area contributed by atoms with Crippen LogP contribution in [0.25, 0.3) is 67.3 Å². The zero-order valence-electron chi connectivity index (χ0n) is 24.6. The molecule has 4 nitrogen and oxygen atoms in total. The van der Waals surface area contributed by atoms with Crippen molar-refractivity contribution in [1.29, 1.82) is 0 Å². The van der Waals surface area contributed by atoms with E-state index in [2.05, 4.69) is 121 Å². The summed E-state index contributed by atoms with van der Waals surface area (Å²) in [5, 5.41) is 0. The molecule has 0 aliphatic carbocycles. The van der Waals surface area contributed by atoms with E-state index in [0.717, 1.165) is 78.4 Å². The van der Waals surface area contributed by atoms with Gasteiger partial charge in [0.05, 0.1) is 22.8 Å². The van der Waals surface area contributed by atoms with Gasteiger partial charge in [-0.3, -0.25) is 19.9 Å². The first-order chi connectivity index (χ1) is 21.6. The molecule has 0 bridgehead atoms. The van der Waals surface area contributed by atoms with E-state index in [1.807, 2.05) is 49.1 Å². The van der Waals surface area contributed by atoms with Crippen molar-refractivity contribution in [1.82, 2.24) is 19.9 Å². The third-order valence-electron chi connectivity index (χ3n) is 7.85. The van der Waals surface area contributed by atoms with Gasteiger partial charge in [0.1, 0.15) is 0 Å². The van der Waals surface area contributed by atoms with E-state index in [1.54, 1.807) is 0 Å². The number of rotatable bonds is 6. The maximum absolute atomic E-state index is 4.76. The van der Waals surface area contributed by atoms with E-state index in [0.29, 0.717) is 0 Å². The largest absolute Gasteiger partial charge is 0.256 e. The van der Waals surface area contributed by atoms with Crippen LogP contribution >= 0.6 is 0 Å². The van der Waals surface area contributed by atoms with Crippen LogP contribution in [0.15, 0.2) is 146 Å². The van der Waals surface area contributed by atoms with Crippen LogP contribution in [-0.4, -0.2) is 19.9 Å². The SMILES string of the molecule is Cc1ccc(-c2ccc(-c3cc(-c4ccc(-c5ccc(C)cn5)cc4)c(-c4ccccn4)cc3-c3ccccn3)cc2)nc1. The normalized spacial score (nSPS) is 11.0. The molecule has 4 aromatic heterocycles. The van der Waals surface area contributed by atoms with Crippen molar-refractivity contribution in [3.05, 3.63) is 157 Å². The first-order valence-electron chi connectivity index (χ1n) is 14.7. The summed E-state index contributed by atoms with van der Waals surface area (Å²) in [6.07, 6.45) is 7.51. The lowest BCUT2D eigenvalue weighted by Gasteiger charge is -2.18. The van der Waals surface area contributed by atoms with E-state index >= 15 is 0 Å². The first kappa shape index (κ1) is 27.1. The number of hydrogen-bond acceptors (Lipinski definition) is 4. The summed E-state index contributed by atoms with van der Waals surface area (Å²) < 4.78 is 0. The monoisotopic (exact) mass is 566 g/mol. The van der Waals surface area contributed by atoms with Gasteiger partial charge in [0.25, 0.3) is 0 Å². The molecule has 7 aromatic rings. The van der Waals surface area contributed by atoms with Crippen LogP contribution < -0.4 is 0 Å². The Bertz CT molecular complexity index is 1870. The number of benzene rings is 3. The van der Waals surface area contributed by atoms with Gasteiger partial charge in [-0.25, -0.2) is 0 Å². The summed E-state index contributed by atoms with van der Waals surface area (Å²) in [6.45, 7) is 4.11. The van der Waals surface area contributed by atoms with Crippen LogP contribution in [0, 0.1) is 13.8 Å². The number of hydrogen-bond donors (Lipinski definition) is 0. The molecule has 4 heteroatoms. The Balaban J connectivity index is 1.40. The Hall–Kier alpha value is -5.74. The molecule has 0 radical (unpaired) electrons. The Kier molecular flexibility index (Phi) is 7.31. The van der Waals surface area contributed by atoms with E-state index in [9.17, 15) is 0 Å². The van der Waals surface area contributed by atoms with Gasteiger partial charge in [-0.2, -0.15) is 0 Å². The average molecular weight is 567 g/mol. The summed E-state index contributed by atoms with van der Waals surface area (Å²) in [7, 11) is 0. The van der Waals surface area contributed by atoms with Crippen LogP contribution in [0.4, 0.5) is 0 Å². The average Bonchev–Trinajstić information content (AvgIpc) is 3.09. The van der Waals surface area contributed by atoms with E-state index in [4.69, 9.17) is 9.97 Å². The Morgan fingerprint density at radius 1 is 0.341 bits per heavy atom. The first-order valence-corrected chi connectivity index (χ1v) is 14.7. The van der Waals surface area contributed by atoms with Crippen molar-refractivity contribution in [2.45, 2.75) is 13.8 Å². The second-order valence-electron chi connectivity index (χ2n) is 11.0. The zero-order valence-corrected chi connectivity index (χ0v) is 24.6. The summed E-state index contributed by atoms with van der Waals surface area (Å²) in [5.41, 5.74) is 14.7. The highest BCUT2D eigenvalue weighted by atomic mass is 14.7. The predicted octanol–water partition coefficient (Wildman–Crippen LogP) is 9.89. The highest BCUT2D eigenvalue weighted by Gasteiger charge is 2.17. The van der Waals surface area contributed by atoms with Gasteiger partial charge in [-0.1, -0.05) is 72.8 Å². The van der Waals surface area contributed by atoms with Crippen molar-refractivity contribution in [2.24, 2.45) is 0 Å². The third kappa shape index (κ3) is 5.53. The molecular formula is C40H30N4. The quantitative estimate of drug-likeness (QED) is 0.201.